The van der Waals surface area contributed by atoms with E-state index in [9.17, 15) is 0 Å². The first kappa shape index (κ1) is 13.0. The van der Waals surface area contributed by atoms with Crippen LogP contribution >= 0.6 is 0 Å². The number of hydrogen-bond donors (Lipinski definition) is 2. The summed E-state index contributed by atoms with van der Waals surface area (Å²) in [6.07, 6.45) is 3.40. The molecule has 0 saturated heterocycles. The second-order valence-corrected chi connectivity index (χ2v) is 4.82. The van der Waals surface area contributed by atoms with E-state index in [0.717, 1.165) is 35.6 Å². The second-order valence-electron chi connectivity index (χ2n) is 4.82. The minimum Gasteiger partial charge on any atom is -0.496 e. The van der Waals surface area contributed by atoms with Crippen LogP contribution in [0.15, 0.2) is 12.1 Å². The van der Waals surface area contributed by atoms with Crippen molar-refractivity contribution in [1.29, 1.82) is 0 Å². The first-order chi connectivity index (χ1) is 8.67. The highest BCUT2D eigenvalue weighted by Crippen LogP contribution is 2.36. The highest BCUT2D eigenvalue weighted by Gasteiger charge is 2.25. The quantitative estimate of drug-likeness (QED) is 0.861. The van der Waals surface area contributed by atoms with Crippen LogP contribution in [0.1, 0.15) is 24.8 Å². The van der Waals surface area contributed by atoms with Gasteiger partial charge in [0, 0.05) is 17.6 Å². The van der Waals surface area contributed by atoms with Crippen molar-refractivity contribution >= 4 is 5.69 Å². The molecule has 0 bridgehead atoms. The molecule has 1 aromatic rings. The molecule has 2 rings (SSSR count). The molecule has 1 fully saturated rings. The maximum Gasteiger partial charge on any atom is 0.148 e. The molecule has 0 radical (unpaired) electrons. The van der Waals surface area contributed by atoms with Crippen LogP contribution < -0.4 is 20.5 Å². The number of methoxy groups -OCH3 is 2. The fraction of sp³-hybridized carbons (Fsp3) is 0.571. The lowest BCUT2D eigenvalue weighted by molar-refractivity contribution is 0.389. The number of nitrogens with one attached hydrogen (secondary N) is 1. The molecule has 4 nitrogen and oxygen atoms in total. The van der Waals surface area contributed by atoms with Crippen LogP contribution in [0.25, 0.3) is 0 Å². The van der Waals surface area contributed by atoms with Gasteiger partial charge in [-0.25, -0.2) is 0 Å². The van der Waals surface area contributed by atoms with Gasteiger partial charge in [-0.1, -0.05) is 0 Å². The first-order valence-corrected chi connectivity index (χ1v) is 6.41. The molecular formula is C14H22N2O2. The second kappa shape index (κ2) is 5.48. The summed E-state index contributed by atoms with van der Waals surface area (Å²) in [6, 6.07) is 4.53. The van der Waals surface area contributed by atoms with Crippen LogP contribution in [0.5, 0.6) is 11.5 Å². The summed E-state index contributed by atoms with van der Waals surface area (Å²) in [5.74, 6) is 1.68. The number of ether oxygens (including phenoxy) is 2. The van der Waals surface area contributed by atoms with Crippen molar-refractivity contribution in [1.82, 2.24) is 0 Å². The van der Waals surface area contributed by atoms with Crippen LogP contribution in [-0.2, 0) is 0 Å². The Hall–Kier alpha value is -1.42. The molecule has 18 heavy (non-hydrogen) atoms. The Kier molecular flexibility index (Phi) is 3.97. The zero-order valence-electron chi connectivity index (χ0n) is 11.3. The summed E-state index contributed by atoms with van der Waals surface area (Å²) in [7, 11) is 3.35. The van der Waals surface area contributed by atoms with E-state index in [-0.39, 0.29) is 6.04 Å². The van der Waals surface area contributed by atoms with E-state index in [2.05, 4.69) is 5.32 Å². The summed E-state index contributed by atoms with van der Waals surface area (Å²) in [5, 5.41) is 3.50. The van der Waals surface area contributed by atoms with Gasteiger partial charge in [-0.05, 0) is 38.3 Å². The van der Waals surface area contributed by atoms with Gasteiger partial charge in [0.25, 0.3) is 0 Å². The molecule has 2 atom stereocenters. The van der Waals surface area contributed by atoms with Crippen LogP contribution in [0.2, 0.25) is 0 Å². The number of nitrogens with two attached hydrogens (primary N) is 1. The van der Waals surface area contributed by atoms with Crippen LogP contribution in [0.4, 0.5) is 5.69 Å². The van der Waals surface area contributed by atoms with E-state index in [1.807, 2.05) is 19.1 Å². The molecule has 0 amide bonds. The van der Waals surface area contributed by atoms with Crippen molar-refractivity contribution in [2.75, 3.05) is 19.5 Å². The normalized spacial score (nSPS) is 22.9. The van der Waals surface area contributed by atoms with Crippen molar-refractivity contribution in [3.8, 4) is 11.5 Å². The largest absolute Gasteiger partial charge is 0.496 e. The maximum atomic E-state index is 6.08. The molecule has 3 N–H and O–H groups in total. The molecule has 4 heteroatoms. The minimum absolute atomic E-state index is 0.233. The zero-order chi connectivity index (χ0) is 13.1. The lowest BCUT2D eigenvalue weighted by Gasteiger charge is -2.22. The molecule has 1 aliphatic carbocycles. The van der Waals surface area contributed by atoms with E-state index in [4.69, 9.17) is 15.2 Å². The monoisotopic (exact) mass is 250 g/mol. The van der Waals surface area contributed by atoms with Gasteiger partial charge in [0.1, 0.15) is 11.5 Å². The van der Waals surface area contributed by atoms with E-state index in [1.165, 1.54) is 6.42 Å². The smallest absolute Gasteiger partial charge is 0.148 e. The Morgan fingerprint density at radius 1 is 1.22 bits per heavy atom. The Balaban J connectivity index is 2.24. The average Bonchev–Trinajstić information content (AvgIpc) is 2.76. The number of hydrogen-bond acceptors (Lipinski definition) is 4. The predicted octanol–water partition coefficient (Wildman–Crippen LogP) is 2.30. The molecule has 0 aliphatic heterocycles. The van der Waals surface area contributed by atoms with Gasteiger partial charge in [-0.2, -0.15) is 0 Å². The minimum atomic E-state index is 0.233. The van der Waals surface area contributed by atoms with Gasteiger partial charge in [-0.3, -0.25) is 0 Å². The van der Waals surface area contributed by atoms with Gasteiger partial charge in [0.2, 0.25) is 0 Å². The molecule has 0 heterocycles. The third-order valence-electron chi connectivity index (χ3n) is 3.69. The summed E-state index contributed by atoms with van der Waals surface area (Å²) >= 11 is 0. The maximum absolute atomic E-state index is 6.08. The molecule has 1 aliphatic rings. The van der Waals surface area contributed by atoms with Crippen LogP contribution in [-0.4, -0.2) is 26.3 Å². The van der Waals surface area contributed by atoms with Crippen molar-refractivity contribution in [3.05, 3.63) is 17.7 Å². The molecule has 0 aromatic heterocycles. The Bertz CT molecular complexity index is 421. The summed E-state index contributed by atoms with van der Waals surface area (Å²) in [5.41, 5.74) is 8.09. The zero-order valence-corrected chi connectivity index (χ0v) is 11.3. The van der Waals surface area contributed by atoms with Crippen molar-refractivity contribution < 1.29 is 9.47 Å². The Labute approximate surface area is 108 Å². The van der Waals surface area contributed by atoms with E-state index in [1.54, 1.807) is 14.2 Å². The lowest BCUT2D eigenvalue weighted by atomic mass is 10.1. The number of benzene rings is 1. The van der Waals surface area contributed by atoms with E-state index < -0.39 is 0 Å². The van der Waals surface area contributed by atoms with E-state index >= 15 is 0 Å². The molecule has 2 unspecified atom stereocenters. The highest BCUT2D eigenvalue weighted by atomic mass is 16.5. The summed E-state index contributed by atoms with van der Waals surface area (Å²) in [6.45, 7) is 2.00. The topological polar surface area (TPSA) is 56.5 Å². The number of anilines is 1. The fourth-order valence-corrected chi connectivity index (χ4v) is 2.64. The Morgan fingerprint density at radius 2 is 2.00 bits per heavy atom. The molecule has 0 spiro atoms. The lowest BCUT2D eigenvalue weighted by Crippen LogP contribution is -2.35. The van der Waals surface area contributed by atoms with Crippen molar-refractivity contribution in [2.24, 2.45) is 5.73 Å². The molecule has 1 saturated carbocycles. The SMILES string of the molecule is COc1ccc(NC2CCCC2N)c(OC)c1C. The third-order valence-corrected chi connectivity index (χ3v) is 3.69. The van der Waals surface area contributed by atoms with Gasteiger partial charge in [-0.15, -0.1) is 0 Å². The van der Waals surface area contributed by atoms with Crippen molar-refractivity contribution in [2.45, 2.75) is 38.3 Å². The Morgan fingerprint density at radius 3 is 2.56 bits per heavy atom. The summed E-state index contributed by atoms with van der Waals surface area (Å²) < 4.78 is 10.8. The average molecular weight is 250 g/mol. The number of rotatable bonds is 4. The van der Waals surface area contributed by atoms with E-state index in [0.29, 0.717) is 6.04 Å². The standard InChI is InChI=1S/C14H22N2O2/c1-9-13(17-2)8-7-12(14(9)18-3)16-11-6-4-5-10(11)15/h7-8,10-11,16H,4-6,15H2,1-3H3. The van der Waals surface area contributed by atoms with Crippen molar-refractivity contribution in [3.63, 3.8) is 0 Å². The van der Waals surface area contributed by atoms with Crippen LogP contribution in [0.3, 0.4) is 0 Å². The molecule has 100 valence electrons. The van der Waals surface area contributed by atoms with Gasteiger partial charge in [0.15, 0.2) is 0 Å². The van der Waals surface area contributed by atoms with Crippen LogP contribution in [0, 0.1) is 6.92 Å². The fourth-order valence-electron chi connectivity index (χ4n) is 2.64. The van der Waals surface area contributed by atoms with Gasteiger partial charge >= 0.3 is 0 Å². The van der Waals surface area contributed by atoms with Gasteiger partial charge < -0.3 is 20.5 Å². The third kappa shape index (κ3) is 2.38. The van der Waals surface area contributed by atoms with Gasteiger partial charge in [0.05, 0.1) is 19.9 Å². The molecule has 1 aromatic carbocycles. The predicted molar refractivity (Wildman–Crippen MR) is 73.5 cm³/mol. The summed E-state index contributed by atoms with van der Waals surface area (Å²) in [4.78, 5) is 0. The first-order valence-electron chi connectivity index (χ1n) is 6.41. The highest BCUT2D eigenvalue weighted by molar-refractivity contribution is 5.64. The molecular weight excluding hydrogens is 228 g/mol.